The van der Waals surface area contributed by atoms with Crippen LogP contribution in [0.1, 0.15) is 20.3 Å². The maximum atomic E-state index is 12.2. The molecule has 0 heterocycles. The molecule has 0 radical (unpaired) electrons. The van der Waals surface area contributed by atoms with Crippen molar-refractivity contribution in [1.82, 2.24) is 5.32 Å². The van der Waals surface area contributed by atoms with E-state index < -0.39 is 30.5 Å². The fourth-order valence-electron chi connectivity index (χ4n) is 1.16. The van der Waals surface area contributed by atoms with Gasteiger partial charge in [-0.3, -0.25) is 4.79 Å². The van der Waals surface area contributed by atoms with Crippen LogP contribution in [-0.4, -0.2) is 29.8 Å². The lowest BCUT2D eigenvalue weighted by Gasteiger charge is -2.20. The van der Waals surface area contributed by atoms with Gasteiger partial charge < -0.3 is 10.4 Å². The highest BCUT2D eigenvalue weighted by molar-refractivity contribution is 5.70. The zero-order valence-corrected chi connectivity index (χ0v) is 8.06. The number of halogens is 3. The van der Waals surface area contributed by atoms with Crippen molar-refractivity contribution in [2.45, 2.75) is 32.5 Å². The molecule has 2 N–H and O–H groups in total. The van der Waals surface area contributed by atoms with Gasteiger partial charge in [-0.2, -0.15) is 13.2 Å². The minimum atomic E-state index is -4.67. The van der Waals surface area contributed by atoms with Crippen LogP contribution in [0.5, 0.6) is 0 Å². The number of nitrogens with one attached hydrogen (secondary N) is 1. The molecule has 14 heavy (non-hydrogen) atoms. The van der Waals surface area contributed by atoms with E-state index in [1.807, 2.05) is 0 Å². The molecule has 0 aliphatic heterocycles. The Hall–Kier alpha value is -0.780. The van der Waals surface area contributed by atoms with E-state index >= 15 is 0 Å². The van der Waals surface area contributed by atoms with Crippen LogP contribution in [0.4, 0.5) is 13.2 Å². The van der Waals surface area contributed by atoms with Crippen molar-refractivity contribution in [3.8, 4) is 0 Å². The van der Waals surface area contributed by atoms with Gasteiger partial charge in [-0.15, -0.1) is 0 Å². The molecule has 0 unspecified atom stereocenters. The molecule has 0 aliphatic rings. The van der Waals surface area contributed by atoms with E-state index in [1.165, 1.54) is 6.92 Å². The Morgan fingerprint density at radius 3 is 2.29 bits per heavy atom. The van der Waals surface area contributed by atoms with Gasteiger partial charge in [0, 0.05) is 6.04 Å². The van der Waals surface area contributed by atoms with Gasteiger partial charge >= 0.3 is 12.1 Å². The fourth-order valence-corrected chi connectivity index (χ4v) is 1.16. The first-order valence-corrected chi connectivity index (χ1v) is 4.32. The second-order valence-electron chi connectivity index (χ2n) is 3.13. The van der Waals surface area contributed by atoms with Crippen LogP contribution in [0.2, 0.25) is 0 Å². The second-order valence-corrected chi connectivity index (χ2v) is 3.13. The third kappa shape index (κ3) is 4.45. The van der Waals surface area contributed by atoms with Gasteiger partial charge in [0.25, 0.3) is 0 Å². The van der Waals surface area contributed by atoms with Crippen LogP contribution in [0.25, 0.3) is 0 Å². The van der Waals surface area contributed by atoms with Gasteiger partial charge in [0.1, 0.15) is 0 Å². The zero-order chi connectivity index (χ0) is 11.4. The van der Waals surface area contributed by atoms with Crippen molar-refractivity contribution in [3.05, 3.63) is 0 Å². The summed E-state index contributed by atoms with van der Waals surface area (Å²) < 4.78 is 36.5. The maximum absolute atomic E-state index is 12.2. The summed E-state index contributed by atoms with van der Waals surface area (Å²) in [5.41, 5.74) is 0. The molecular formula is C8H14F3NO2. The average molecular weight is 213 g/mol. The number of alkyl halides is 3. The van der Waals surface area contributed by atoms with Gasteiger partial charge in [-0.25, -0.2) is 0 Å². The first-order chi connectivity index (χ1) is 6.29. The number of aliphatic carboxylic acids is 1. The van der Waals surface area contributed by atoms with E-state index in [-0.39, 0.29) is 0 Å². The molecule has 2 atom stereocenters. The number of rotatable bonds is 5. The Bertz CT molecular complexity index is 194. The van der Waals surface area contributed by atoms with Gasteiger partial charge in [0.15, 0.2) is 5.92 Å². The predicted octanol–water partition coefficient (Wildman–Crippen LogP) is 1.64. The molecule has 0 saturated carbocycles. The van der Waals surface area contributed by atoms with Crippen molar-refractivity contribution in [2.24, 2.45) is 5.92 Å². The van der Waals surface area contributed by atoms with E-state index in [0.29, 0.717) is 6.54 Å². The van der Waals surface area contributed by atoms with Gasteiger partial charge in [0.2, 0.25) is 0 Å². The summed E-state index contributed by atoms with van der Waals surface area (Å²) in [4.78, 5) is 10.3. The quantitative estimate of drug-likeness (QED) is 0.729. The molecule has 84 valence electrons. The summed E-state index contributed by atoms with van der Waals surface area (Å²) in [7, 11) is 0. The third-order valence-corrected chi connectivity index (χ3v) is 1.84. The van der Waals surface area contributed by atoms with Crippen molar-refractivity contribution >= 4 is 5.97 Å². The Labute approximate surface area is 80.3 Å². The van der Waals surface area contributed by atoms with E-state index in [4.69, 9.17) is 5.11 Å². The molecule has 3 nitrogen and oxygen atoms in total. The highest BCUT2D eigenvalue weighted by atomic mass is 19.4. The molecule has 0 rings (SSSR count). The molecule has 0 aliphatic carbocycles. The Balaban J connectivity index is 4.32. The fraction of sp³-hybridized carbons (Fsp3) is 0.875. The third-order valence-electron chi connectivity index (χ3n) is 1.84. The van der Waals surface area contributed by atoms with Crippen LogP contribution in [0.3, 0.4) is 0 Å². The molecule has 6 heteroatoms. The summed E-state index contributed by atoms with van der Waals surface area (Å²) in [6.45, 7) is 3.80. The SMILES string of the molecule is CCN[C@@H](C)C[C@@H](C(=O)O)C(F)(F)F. The van der Waals surface area contributed by atoms with Crippen molar-refractivity contribution in [1.29, 1.82) is 0 Å². The summed E-state index contributed by atoms with van der Waals surface area (Å²) in [5, 5.41) is 11.1. The predicted molar refractivity (Wildman–Crippen MR) is 44.9 cm³/mol. The van der Waals surface area contributed by atoms with E-state index in [0.717, 1.165) is 0 Å². The lowest BCUT2D eigenvalue weighted by molar-refractivity contribution is -0.195. The minimum Gasteiger partial charge on any atom is -0.481 e. The summed E-state index contributed by atoms with van der Waals surface area (Å²) >= 11 is 0. The van der Waals surface area contributed by atoms with Crippen molar-refractivity contribution < 1.29 is 23.1 Å². The van der Waals surface area contributed by atoms with Crippen LogP contribution in [0, 0.1) is 5.92 Å². The summed E-state index contributed by atoms with van der Waals surface area (Å²) in [5.74, 6) is -4.10. The molecule has 0 fully saturated rings. The smallest absolute Gasteiger partial charge is 0.402 e. The van der Waals surface area contributed by atoms with Gasteiger partial charge in [0.05, 0.1) is 0 Å². The first-order valence-electron chi connectivity index (χ1n) is 4.32. The normalized spacial score (nSPS) is 16.4. The minimum absolute atomic E-state index is 0.438. The summed E-state index contributed by atoms with van der Waals surface area (Å²) in [6, 6.07) is -0.456. The molecule has 0 bridgehead atoms. The standard InChI is InChI=1S/C8H14F3NO2/c1-3-12-5(2)4-6(7(13)14)8(9,10)11/h5-6,12H,3-4H2,1-2H3,(H,13,14)/t5-,6-/m0/s1. The highest BCUT2D eigenvalue weighted by Crippen LogP contribution is 2.29. The number of hydrogen-bond donors (Lipinski definition) is 2. The van der Waals surface area contributed by atoms with Crippen LogP contribution >= 0.6 is 0 Å². The lowest BCUT2D eigenvalue weighted by atomic mass is 10.0. The maximum Gasteiger partial charge on any atom is 0.402 e. The largest absolute Gasteiger partial charge is 0.481 e. The zero-order valence-electron chi connectivity index (χ0n) is 8.06. The van der Waals surface area contributed by atoms with E-state index in [2.05, 4.69) is 5.32 Å². The molecule has 0 aromatic carbocycles. The van der Waals surface area contributed by atoms with Gasteiger partial charge in [-0.05, 0) is 19.9 Å². The highest BCUT2D eigenvalue weighted by Gasteiger charge is 2.45. The molecular weight excluding hydrogens is 199 g/mol. The number of hydrogen-bond acceptors (Lipinski definition) is 2. The van der Waals surface area contributed by atoms with Crippen molar-refractivity contribution in [2.75, 3.05) is 6.54 Å². The van der Waals surface area contributed by atoms with E-state index in [9.17, 15) is 18.0 Å². The Morgan fingerprint density at radius 1 is 1.50 bits per heavy atom. The molecule has 0 aromatic heterocycles. The Kier molecular flexibility index (Phi) is 4.90. The molecule has 0 aromatic rings. The topological polar surface area (TPSA) is 49.3 Å². The first kappa shape index (κ1) is 13.2. The summed E-state index contributed by atoms with van der Waals surface area (Å²) in [6.07, 6.45) is -5.11. The average Bonchev–Trinajstić information content (AvgIpc) is 1.98. The lowest BCUT2D eigenvalue weighted by Crippen LogP contribution is -2.37. The van der Waals surface area contributed by atoms with Crippen LogP contribution < -0.4 is 5.32 Å². The number of carbonyl (C=O) groups is 1. The van der Waals surface area contributed by atoms with Crippen LogP contribution in [-0.2, 0) is 4.79 Å². The molecule has 0 saturated heterocycles. The second kappa shape index (κ2) is 5.19. The van der Waals surface area contributed by atoms with Crippen molar-refractivity contribution in [3.63, 3.8) is 0 Å². The Morgan fingerprint density at radius 2 is 2.00 bits per heavy atom. The van der Waals surface area contributed by atoms with Gasteiger partial charge in [-0.1, -0.05) is 6.92 Å². The van der Waals surface area contributed by atoms with E-state index in [1.54, 1.807) is 6.92 Å². The monoisotopic (exact) mass is 213 g/mol. The molecule has 0 amide bonds. The number of carboxylic acids is 1. The van der Waals surface area contributed by atoms with Crippen LogP contribution in [0.15, 0.2) is 0 Å². The number of carboxylic acid groups (broad SMARTS) is 1. The molecule has 0 spiro atoms.